The Labute approximate surface area is 130 Å². The van der Waals surface area contributed by atoms with Crippen LogP contribution in [-0.2, 0) is 13.0 Å². The minimum absolute atomic E-state index is 0.0849. The lowest BCUT2D eigenvalue weighted by Crippen LogP contribution is -2.35. The van der Waals surface area contributed by atoms with Crippen molar-refractivity contribution in [2.24, 2.45) is 0 Å². The van der Waals surface area contributed by atoms with Crippen molar-refractivity contribution in [2.45, 2.75) is 53.1 Å². The number of hydrogen-bond donors (Lipinski definition) is 1. The summed E-state index contributed by atoms with van der Waals surface area (Å²) >= 11 is 1.70. The van der Waals surface area contributed by atoms with Crippen molar-refractivity contribution in [3.8, 4) is 10.6 Å². The van der Waals surface area contributed by atoms with Gasteiger partial charge in [-0.15, -0.1) is 11.3 Å². The number of nitrogens with one attached hydrogen (secondary N) is 1. The average molecular weight is 306 g/mol. The van der Waals surface area contributed by atoms with E-state index in [1.807, 2.05) is 12.1 Å². The summed E-state index contributed by atoms with van der Waals surface area (Å²) in [7, 11) is 0. The summed E-state index contributed by atoms with van der Waals surface area (Å²) in [4.78, 5) is 5.99. The molecule has 1 aromatic carbocycles. The Morgan fingerprint density at radius 1 is 1.29 bits per heavy atom. The molecule has 1 aromatic heterocycles. The lowest BCUT2D eigenvalue weighted by Gasteiger charge is -2.20. The number of hydrogen-bond acceptors (Lipinski definition) is 3. The fourth-order valence-corrected chi connectivity index (χ4v) is 3.13. The Hall–Kier alpha value is -1.26. The molecule has 0 fully saturated rings. The van der Waals surface area contributed by atoms with Crippen molar-refractivity contribution in [3.63, 3.8) is 0 Å². The van der Waals surface area contributed by atoms with E-state index < -0.39 is 0 Å². The summed E-state index contributed by atoms with van der Waals surface area (Å²) in [5.74, 6) is -0.166. The van der Waals surface area contributed by atoms with Gasteiger partial charge < -0.3 is 5.32 Å². The van der Waals surface area contributed by atoms with Crippen LogP contribution in [0.1, 0.15) is 43.8 Å². The SMILES string of the molecule is CCc1nc(-c2ccc(F)c(C)c2)sc1CNC(C)(C)C. The molecule has 0 aliphatic heterocycles. The first-order valence-corrected chi connectivity index (χ1v) is 8.12. The lowest BCUT2D eigenvalue weighted by atomic mass is 10.1. The summed E-state index contributed by atoms with van der Waals surface area (Å²) in [5.41, 5.74) is 2.88. The number of nitrogens with zero attached hydrogens (tertiary/aromatic N) is 1. The Bertz CT molecular complexity index is 626. The molecule has 1 heterocycles. The second-order valence-corrected chi connectivity index (χ2v) is 7.39. The van der Waals surface area contributed by atoms with E-state index in [-0.39, 0.29) is 11.4 Å². The number of aromatic nitrogens is 1. The summed E-state index contributed by atoms with van der Waals surface area (Å²) in [5, 5.41) is 4.48. The summed E-state index contributed by atoms with van der Waals surface area (Å²) in [6, 6.07) is 5.20. The quantitative estimate of drug-likeness (QED) is 0.885. The summed E-state index contributed by atoms with van der Waals surface area (Å²) in [6.07, 6.45) is 0.915. The van der Waals surface area contributed by atoms with Gasteiger partial charge in [-0.2, -0.15) is 0 Å². The topological polar surface area (TPSA) is 24.9 Å². The molecule has 0 bridgehead atoms. The standard InChI is InChI=1S/C17H23FN2S/c1-6-14-15(10-19-17(3,4)5)21-16(20-14)12-7-8-13(18)11(2)9-12/h7-9,19H,6,10H2,1-5H3. The molecule has 0 saturated carbocycles. The predicted molar refractivity (Wildman–Crippen MR) is 88.2 cm³/mol. The van der Waals surface area contributed by atoms with E-state index in [4.69, 9.17) is 4.98 Å². The Kier molecular flexibility index (Phi) is 4.79. The highest BCUT2D eigenvalue weighted by molar-refractivity contribution is 7.15. The van der Waals surface area contributed by atoms with E-state index in [9.17, 15) is 4.39 Å². The van der Waals surface area contributed by atoms with Gasteiger partial charge in [-0.1, -0.05) is 6.92 Å². The van der Waals surface area contributed by atoms with Crippen LogP contribution in [0.2, 0.25) is 0 Å². The van der Waals surface area contributed by atoms with E-state index in [2.05, 4.69) is 33.0 Å². The normalized spacial score (nSPS) is 11.9. The molecule has 4 heteroatoms. The van der Waals surface area contributed by atoms with Gasteiger partial charge in [0.2, 0.25) is 0 Å². The monoisotopic (exact) mass is 306 g/mol. The van der Waals surface area contributed by atoms with E-state index in [0.717, 1.165) is 29.2 Å². The molecular weight excluding hydrogens is 283 g/mol. The highest BCUT2D eigenvalue weighted by atomic mass is 32.1. The third kappa shape index (κ3) is 4.11. The van der Waals surface area contributed by atoms with E-state index in [0.29, 0.717) is 5.56 Å². The largest absolute Gasteiger partial charge is 0.307 e. The fourth-order valence-electron chi connectivity index (χ4n) is 2.04. The minimum atomic E-state index is -0.166. The average Bonchev–Trinajstić information content (AvgIpc) is 2.82. The van der Waals surface area contributed by atoms with Crippen molar-refractivity contribution in [3.05, 3.63) is 40.2 Å². The third-order valence-electron chi connectivity index (χ3n) is 3.30. The van der Waals surface area contributed by atoms with Gasteiger partial charge >= 0.3 is 0 Å². The Morgan fingerprint density at radius 3 is 2.57 bits per heavy atom. The van der Waals surface area contributed by atoms with E-state index in [1.165, 1.54) is 10.9 Å². The van der Waals surface area contributed by atoms with Gasteiger partial charge in [-0.3, -0.25) is 0 Å². The molecule has 2 nitrogen and oxygen atoms in total. The van der Waals surface area contributed by atoms with Crippen molar-refractivity contribution >= 4 is 11.3 Å². The molecule has 2 aromatic rings. The molecule has 0 aliphatic carbocycles. The minimum Gasteiger partial charge on any atom is -0.307 e. The van der Waals surface area contributed by atoms with Gasteiger partial charge in [0.15, 0.2) is 0 Å². The van der Waals surface area contributed by atoms with Gasteiger partial charge in [0.1, 0.15) is 10.8 Å². The molecule has 114 valence electrons. The maximum atomic E-state index is 13.4. The molecule has 0 atom stereocenters. The van der Waals surface area contributed by atoms with Crippen LogP contribution in [-0.4, -0.2) is 10.5 Å². The predicted octanol–water partition coefficient (Wildman–Crippen LogP) is 4.71. The molecular formula is C17H23FN2S. The van der Waals surface area contributed by atoms with Gasteiger partial charge in [-0.05, 0) is 57.9 Å². The van der Waals surface area contributed by atoms with Gasteiger partial charge in [0, 0.05) is 22.5 Å². The third-order valence-corrected chi connectivity index (χ3v) is 4.44. The van der Waals surface area contributed by atoms with Gasteiger partial charge in [-0.25, -0.2) is 9.37 Å². The van der Waals surface area contributed by atoms with Crippen LogP contribution in [0.4, 0.5) is 4.39 Å². The van der Waals surface area contributed by atoms with Crippen LogP contribution in [0.25, 0.3) is 10.6 Å². The number of thiazole rings is 1. The number of rotatable bonds is 4. The highest BCUT2D eigenvalue weighted by Gasteiger charge is 2.15. The van der Waals surface area contributed by atoms with Crippen LogP contribution in [0, 0.1) is 12.7 Å². The van der Waals surface area contributed by atoms with Crippen LogP contribution < -0.4 is 5.32 Å². The molecule has 2 rings (SSSR count). The van der Waals surface area contributed by atoms with E-state index in [1.54, 1.807) is 18.3 Å². The van der Waals surface area contributed by atoms with Crippen LogP contribution in [0.5, 0.6) is 0 Å². The number of aryl methyl sites for hydroxylation is 2. The van der Waals surface area contributed by atoms with Gasteiger partial charge in [0.05, 0.1) is 5.69 Å². The first-order chi connectivity index (χ1) is 9.80. The second kappa shape index (κ2) is 6.24. The molecule has 0 saturated heterocycles. The maximum Gasteiger partial charge on any atom is 0.126 e. The van der Waals surface area contributed by atoms with Crippen LogP contribution in [0.15, 0.2) is 18.2 Å². The zero-order valence-corrected chi connectivity index (χ0v) is 14.2. The zero-order valence-electron chi connectivity index (χ0n) is 13.4. The summed E-state index contributed by atoms with van der Waals surface area (Å²) < 4.78 is 13.4. The smallest absolute Gasteiger partial charge is 0.126 e. The lowest BCUT2D eigenvalue weighted by molar-refractivity contribution is 0.425. The van der Waals surface area contributed by atoms with Crippen molar-refractivity contribution in [1.29, 1.82) is 0 Å². The highest BCUT2D eigenvalue weighted by Crippen LogP contribution is 2.30. The Morgan fingerprint density at radius 2 is 2.00 bits per heavy atom. The van der Waals surface area contributed by atoms with Crippen LogP contribution >= 0.6 is 11.3 Å². The fraction of sp³-hybridized carbons (Fsp3) is 0.471. The zero-order chi connectivity index (χ0) is 15.6. The first kappa shape index (κ1) is 16.1. The van der Waals surface area contributed by atoms with Crippen molar-refractivity contribution in [1.82, 2.24) is 10.3 Å². The Balaban J connectivity index is 2.29. The molecule has 0 spiro atoms. The second-order valence-electron chi connectivity index (χ2n) is 6.31. The molecule has 1 N–H and O–H groups in total. The molecule has 21 heavy (non-hydrogen) atoms. The first-order valence-electron chi connectivity index (χ1n) is 7.30. The van der Waals surface area contributed by atoms with Crippen LogP contribution in [0.3, 0.4) is 0 Å². The molecule has 0 unspecified atom stereocenters. The number of halogens is 1. The van der Waals surface area contributed by atoms with Crippen molar-refractivity contribution < 1.29 is 4.39 Å². The maximum absolute atomic E-state index is 13.4. The molecule has 0 amide bonds. The van der Waals surface area contributed by atoms with Crippen molar-refractivity contribution in [2.75, 3.05) is 0 Å². The molecule has 0 radical (unpaired) electrons. The van der Waals surface area contributed by atoms with Gasteiger partial charge in [0.25, 0.3) is 0 Å². The summed E-state index contributed by atoms with van der Waals surface area (Å²) in [6.45, 7) is 11.2. The van der Waals surface area contributed by atoms with E-state index >= 15 is 0 Å². The number of benzene rings is 1. The molecule has 0 aliphatic rings.